The fraction of sp³-hybridized carbons (Fsp3) is 0.909. The summed E-state index contributed by atoms with van der Waals surface area (Å²) in [6.07, 6.45) is 0. The van der Waals surface area contributed by atoms with Gasteiger partial charge in [0.2, 0.25) is 0 Å². The second-order valence-corrected chi connectivity index (χ2v) is 7.59. The number of thiocarbonyl (C=S) groups is 1. The Labute approximate surface area is 125 Å². The van der Waals surface area contributed by atoms with Crippen LogP contribution in [0.1, 0.15) is 13.8 Å². The summed E-state index contributed by atoms with van der Waals surface area (Å²) in [4.78, 5) is 2.22. The lowest BCUT2D eigenvalue weighted by Gasteiger charge is -2.20. The lowest BCUT2D eigenvalue weighted by molar-refractivity contribution is 0.212. The number of hydrogen-bond acceptors (Lipinski definition) is 5. The summed E-state index contributed by atoms with van der Waals surface area (Å²) >= 11 is 11.0. The van der Waals surface area contributed by atoms with Crippen molar-refractivity contribution in [2.24, 2.45) is 0 Å². The van der Waals surface area contributed by atoms with Gasteiger partial charge in [-0.05, 0) is 25.3 Å². The minimum Gasteiger partial charge on any atom is -0.470 e. The molecule has 1 aliphatic heterocycles. The van der Waals surface area contributed by atoms with E-state index in [1.807, 2.05) is 0 Å². The summed E-state index contributed by atoms with van der Waals surface area (Å²) < 4.78 is 28.2. The second-order valence-electron chi connectivity index (χ2n) is 4.51. The Morgan fingerprint density at radius 3 is 2.53 bits per heavy atom. The number of ether oxygens (including phenoxy) is 1. The van der Waals surface area contributed by atoms with Crippen LogP contribution in [0, 0.1) is 0 Å². The first kappa shape index (κ1) is 16.9. The second kappa shape index (κ2) is 7.61. The van der Waals surface area contributed by atoms with Crippen LogP contribution in [0.4, 0.5) is 0 Å². The Morgan fingerprint density at radius 1 is 1.42 bits per heavy atom. The average molecular weight is 329 g/mol. The third-order valence-electron chi connectivity index (χ3n) is 3.12. The van der Waals surface area contributed by atoms with E-state index < -0.39 is 15.2 Å². The molecule has 1 saturated heterocycles. The molecule has 0 aromatic heterocycles. The average Bonchev–Trinajstić information content (AvgIpc) is 2.58. The number of nitrogens with one attached hydrogen (secondary N) is 1. The summed E-state index contributed by atoms with van der Waals surface area (Å²) in [6.45, 7) is 7.38. The van der Waals surface area contributed by atoms with Crippen LogP contribution in [0.25, 0.3) is 0 Å². The molecule has 1 fully saturated rings. The molecule has 1 N–H and O–H groups in total. The first-order valence-corrected chi connectivity index (χ1v) is 9.04. The highest BCUT2D eigenvalue weighted by Crippen LogP contribution is 2.17. The van der Waals surface area contributed by atoms with E-state index in [9.17, 15) is 8.42 Å². The number of halogens is 1. The number of sulfone groups is 1. The highest BCUT2D eigenvalue weighted by Gasteiger charge is 2.36. The zero-order chi connectivity index (χ0) is 14.5. The molecule has 1 rings (SSSR count). The van der Waals surface area contributed by atoms with Gasteiger partial charge in [0.25, 0.3) is 5.17 Å². The SMILES string of the molecule is CCN(CC)CCOC(=S)NC1CS(=O)(=O)CC1Cl. The number of likely N-dealkylation sites (N-methyl/N-ethyl adjacent to an activating group) is 1. The summed E-state index contributed by atoms with van der Waals surface area (Å²) in [5, 5.41) is 2.65. The van der Waals surface area contributed by atoms with Crippen LogP contribution in [0.2, 0.25) is 0 Å². The summed E-state index contributed by atoms with van der Waals surface area (Å²) in [5.74, 6) is 0.00892. The van der Waals surface area contributed by atoms with E-state index in [2.05, 4.69) is 24.1 Å². The Morgan fingerprint density at radius 2 is 2.05 bits per heavy atom. The summed E-state index contributed by atoms with van der Waals surface area (Å²) in [6, 6.07) is -0.354. The van der Waals surface area contributed by atoms with Crippen LogP contribution in [-0.4, -0.2) is 67.7 Å². The Kier molecular flexibility index (Phi) is 6.79. The van der Waals surface area contributed by atoms with Crippen molar-refractivity contribution in [2.45, 2.75) is 25.3 Å². The van der Waals surface area contributed by atoms with Crippen molar-refractivity contribution in [1.29, 1.82) is 0 Å². The summed E-state index contributed by atoms with van der Waals surface area (Å²) in [5.41, 5.74) is 0. The van der Waals surface area contributed by atoms with E-state index in [1.54, 1.807) is 0 Å². The number of alkyl halides is 1. The topological polar surface area (TPSA) is 58.6 Å². The molecule has 1 aliphatic rings. The molecule has 0 saturated carbocycles. The lowest BCUT2D eigenvalue weighted by atomic mass is 10.3. The van der Waals surface area contributed by atoms with E-state index in [4.69, 9.17) is 28.6 Å². The molecule has 19 heavy (non-hydrogen) atoms. The highest BCUT2D eigenvalue weighted by atomic mass is 35.5. The quantitative estimate of drug-likeness (QED) is 0.570. The zero-order valence-corrected chi connectivity index (χ0v) is 13.7. The maximum absolute atomic E-state index is 11.4. The van der Waals surface area contributed by atoms with Crippen molar-refractivity contribution < 1.29 is 13.2 Å². The molecule has 0 spiro atoms. The van der Waals surface area contributed by atoms with Crippen molar-refractivity contribution in [3.8, 4) is 0 Å². The first-order valence-electron chi connectivity index (χ1n) is 6.38. The Hall–Kier alpha value is -0.110. The smallest absolute Gasteiger partial charge is 0.256 e. The predicted molar refractivity (Wildman–Crippen MR) is 81.6 cm³/mol. The van der Waals surface area contributed by atoms with E-state index in [1.165, 1.54) is 0 Å². The van der Waals surface area contributed by atoms with Crippen LogP contribution in [-0.2, 0) is 14.6 Å². The normalized spacial score (nSPS) is 25.5. The molecule has 0 radical (unpaired) electrons. The van der Waals surface area contributed by atoms with Gasteiger partial charge in [0, 0.05) is 6.54 Å². The van der Waals surface area contributed by atoms with Crippen LogP contribution in [0.5, 0.6) is 0 Å². The van der Waals surface area contributed by atoms with Crippen LogP contribution < -0.4 is 5.32 Å². The molecular formula is C11H21ClN2O3S2. The predicted octanol–water partition coefficient (Wildman–Crippen LogP) is 0.624. The van der Waals surface area contributed by atoms with Crippen molar-refractivity contribution in [3.05, 3.63) is 0 Å². The minimum absolute atomic E-state index is 0.00567. The number of rotatable bonds is 6. The molecule has 0 aliphatic carbocycles. The van der Waals surface area contributed by atoms with Crippen LogP contribution >= 0.6 is 23.8 Å². The van der Waals surface area contributed by atoms with Gasteiger partial charge in [0.1, 0.15) is 6.61 Å². The van der Waals surface area contributed by atoms with Crippen molar-refractivity contribution >= 4 is 38.8 Å². The van der Waals surface area contributed by atoms with E-state index in [0.29, 0.717) is 6.61 Å². The third kappa shape index (κ3) is 5.81. The van der Waals surface area contributed by atoms with Crippen molar-refractivity contribution in [1.82, 2.24) is 10.2 Å². The zero-order valence-electron chi connectivity index (χ0n) is 11.3. The fourth-order valence-electron chi connectivity index (χ4n) is 1.94. The van der Waals surface area contributed by atoms with Gasteiger partial charge in [0.15, 0.2) is 9.84 Å². The maximum atomic E-state index is 11.4. The Bertz CT molecular complexity index is 399. The standard InChI is InChI=1S/C11H21ClN2O3S2/c1-3-14(4-2)5-6-17-11(18)13-10-8-19(15,16)7-9(10)12/h9-10H,3-8H2,1-2H3,(H,13,18). The van der Waals surface area contributed by atoms with Gasteiger partial charge in [-0.1, -0.05) is 13.8 Å². The van der Waals surface area contributed by atoms with E-state index in [0.717, 1.165) is 19.6 Å². The van der Waals surface area contributed by atoms with Gasteiger partial charge in [-0.25, -0.2) is 8.42 Å². The molecule has 0 bridgehead atoms. The lowest BCUT2D eigenvalue weighted by Crippen LogP contribution is -2.41. The fourth-order valence-corrected chi connectivity index (χ4v) is 4.72. The largest absolute Gasteiger partial charge is 0.470 e. The van der Waals surface area contributed by atoms with E-state index >= 15 is 0 Å². The van der Waals surface area contributed by atoms with Crippen LogP contribution in [0.3, 0.4) is 0 Å². The van der Waals surface area contributed by atoms with Crippen molar-refractivity contribution in [2.75, 3.05) is 37.7 Å². The molecule has 0 aromatic rings. The molecule has 2 atom stereocenters. The molecular weight excluding hydrogens is 308 g/mol. The third-order valence-corrected chi connectivity index (χ3v) is 5.73. The van der Waals surface area contributed by atoms with Gasteiger partial charge in [-0.2, -0.15) is 0 Å². The first-order chi connectivity index (χ1) is 8.88. The number of nitrogens with zero attached hydrogens (tertiary/aromatic N) is 1. The number of hydrogen-bond donors (Lipinski definition) is 1. The Balaban J connectivity index is 2.28. The van der Waals surface area contributed by atoms with Gasteiger partial charge >= 0.3 is 0 Å². The molecule has 0 amide bonds. The van der Waals surface area contributed by atoms with Crippen LogP contribution in [0.15, 0.2) is 0 Å². The maximum Gasteiger partial charge on any atom is 0.256 e. The van der Waals surface area contributed by atoms with Gasteiger partial charge < -0.3 is 15.0 Å². The molecule has 5 nitrogen and oxygen atoms in total. The highest BCUT2D eigenvalue weighted by molar-refractivity contribution is 7.91. The van der Waals surface area contributed by atoms with E-state index in [-0.39, 0.29) is 22.7 Å². The monoisotopic (exact) mass is 328 g/mol. The van der Waals surface area contributed by atoms with Crippen molar-refractivity contribution in [3.63, 3.8) is 0 Å². The summed E-state index contributed by atoms with van der Waals surface area (Å²) in [7, 11) is -3.05. The molecule has 1 heterocycles. The van der Waals surface area contributed by atoms with Gasteiger partial charge in [-0.15, -0.1) is 11.6 Å². The molecule has 2 unspecified atom stereocenters. The minimum atomic E-state index is -3.05. The molecule has 8 heteroatoms. The molecule has 0 aromatic carbocycles. The van der Waals surface area contributed by atoms with Gasteiger partial charge in [0.05, 0.1) is 22.9 Å². The van der Waals surface area contributed by atoms with Gasteiger partial charge in [-0.3, -0.25) is 0 Å². The molecule has 112 valence electrons.